The first-order valence-electron chi connectivity index (χ1n) is 10.4. The van der Waals surface area contributed by atoms with Crippen LogP contribution in [0.25, 0.3) is 5.57 Å². The summed E-state index contributed by atoms with van der Waals surface area (Å²) in [5, 5.41) is 8.83. The van der Waals surface area contributed by atoms with Gasteiger partial charge in [0.05, 0.1) is 11.1 Å². The Labute approximate surface area is 176 Å². The molecule has 1 aliphatic rings. The highest BCUT2D eigenvalue weighted by molar-refractivity contribution is 5.65. The summed E-state index contributed by atoms with van der Waals surface area (Å²) in [5.41, 5.74) is 2.21. The quantitative estimate of drug-likeness (QED) is 0.486. The Morgan fingerprint density at radius 3 is 2.53 bits per heavy atom. The largest absolute Gasteiger partial charge is 0.429 e. The van der Waals surface area contributed by atoms with Gasteiger partial charge in [-0.1, -0.05) is 44.4 Å². The maximum absolute atomic E-state index is 15.2. The van der Waals surface area contributed by atoms with E-state index in [4.69, 9.17) is 10.00 Å². The van der Waals surface area contributed by atoms with Crippen LogP contribution in [0.4, 0.5) is 13.2 Å². The molecule has 0 aliphatic heterocycles. The molecule has 30 heavy (non-hydrogen) atoms. The van der Waals surface area contributed by atoms with Crippen LogP contribution in [-0.4, -0.2) is 0 Å². The monoisotopic (exact) mass is 413 g/mol. The summed E-state index contributed by atoms with van der Waals surface area (Å²) >= 11 is 0. The van der Waals surface area contributed by atoms with Gasteiger partial charge in [0.15, 0.2) is 0 Å². The van der Waals surface area contributed by atoms with Gasteiger partial charge < -0.3 is 4.74 Å². The molecular weight excluding hydrogens is 387 g/mol. The van der Waals surface area contributed by atoms with Crippen LogP contribution in [0.15, 0.2) is 42.5 Å². The van der Waals surface area contributed by atoms with Crippen LogP contribution in [0, 0.1) is 17.1 Å². The van der Waals surface area contributed by atoms with Crippen LogP contribution in [0.5, 0.6) is 5.75 Å². The molecule has 0 bridgehead atoms. The Hall–Kier alpha value is -2.74. The van der Waals surface area contributed by atoms with Gasteiger partial charge in [0.25, 0.3) is 0 Å². The summed E-state index contributed by atoms with van der Waals surface area (Å²) in [4.78, 5) is 0. The van der Waals surface area contributed by atoms with Crippen molar-refractivity contribution < 1.29 is 17.9 Å². The first-order valence-corrected chi connectivity index (χ1v) is 10.4. The summed E-state index contributed by atoms with van der Waals surface area (Å²) in [5.74, 6) is -1.14. The van der Waals surface area contributed by atoms with E-state index < -0.39 is 11.9 Å². The topological polar surface area (TPSA) is 33.0 Å². The summed E-state index contributed by atoms with van der Waals surface area (Å²) < 4.78 is 49.3. The van der Waals surface area contributed by atoms with E-state index >= 15 is 8.78 Å². The van der Waals surface area contributed by atoms with Crippen LogP contribution in [0.1, 0.15) is 80.5 Å². The van der Waals surface area contributed by atoms with Gasteiger partial charge in [-0.15, -0.1) is 0 Å². The lowest BCUT2D eigenvalue weighted by Gasteiger charge is -2.28. The second-order valence-corrected chi connectivity index (χ2v) is 7.80. The molecule has 3 rings (SSSR count). The van der Waals surface area contributed by atoms with Crippen molar-refractivity contribution in [1.29, 1.82) is 5.26 Å². The molecule has 1 saturated carbocycles. The van der Waals surface area contributed by atoms with Gasteiger partial charge in [0.2, 0.25) is 0 Å². The van der Waals surface area contributed by atoms with Gasteiger partial charge in [0.1, 0.15) is 17.6 Å². The number of alkyl halides is 2. The molecule has 158 valence electrons. The van der Waals surface area contributed by atoms with Crippen molar-refractivity contribution >= 4 is 5.57 Å². The highest BCUT2D eigenvalue weighted by Gasteiger charge is 2.39. The molecular formula is C25H26F3NO. The SMILES string of the molecule is CC/C=C(/C)c1ccc(C(F)(F)Oc2ccc(C#N)c(F)c2)c(C2CCCCC2)c1. The van der Waals surface area contributed by atoms with Crippen LogP contribution < -0.4 is 4.74 Å². The third-order valence-corrected chi connectivity index (χ3v) is 5.68. The molecule has 0 spiro atoms. The van der Waals surface area contributed by atoms with E-state index in [-0.39, 0.29) is 22.8 Å². The van der Waals surface area contributed by atoms with Crippen molar-refractivity contribution in [2.24, 2.45) is 0 Å². The molecule has 2 aromatic rings. The van der Waals surface area contributed by atoms with Crippen molar-refractivity contribution in [3.63, 3.8) is 0 Å². The van der Waals surface area contributed by atoms with Gasteiger partial charge in [-0.25, -0.2) is 4.39 Å². The normalized spacial score (nSPS) is 15.7. The predicted molar refractivity (Wildman–Crippen MR) is 112 cm³/mol. The number of rotatable bonds is 6. The molecule has 1 aliphatic carbocycles. The number of nitriles is 1. The lowest BCUT2D eigenvalue weighted by molar-refractivity contribution is -0.186. The smallest absolute Gasteiger partial charge is 0.426 e. The van der Waals surface area contributed by atoms with Crippen molar-refractivity contribution in [3.05, 3.63) is 70.5 Å². The summed E-state index contributed by atoms with van der Waals surface area (Å²) in [6.07, 6.45) is 4.23. The molecule has 0 saturated heterocycles. The molecule has 5 heteroatoms. The maximum Gasteiger partial charge on any atom is 0.426 e. The molecule has 0 radical (unpaired) electrons. The fourth-order valence-electron chi connectivity index (χ4n) is 4.10. The number of halogens is 3. The number of allylic oxidation sites excluding steroid dienone is 2. The number of hydrogen-bond acceptors (Lipinski definition) is 2. The van der Waals surface area contributed by atoms with Gasteiger partial charge in [-0.3, -0.25) is 0 Å². The van der Waals surface area contributed by atoms with Crippen LogP contribution in [0.2, 0.25) is 0 Å². The third kappa shape index (κ3) is 4.87. The molecule has 0 unspecified atom stereocenters. The molecule has 0 amide bonds. The zero-order valence-electron chi connectivity index (χ0n) is 17.4. The van der Waals surface area contributed by atoms with Crippen LogP contribution >= 0.6 is 0 Å². The molecule has 0 N–H and O–H groups in total. The van der Waals surface area contributed by atoms with Gasteiger partial charge >= 0.3 is 6.11 Å². The predicted octanol–water partition coefficient (Wildman–Crippen LogP) is 7.69. The first kappa shape index (κ1) is 22.0. The highest BCUT2D eigenvalue weighted by atomic mass is 19.3. The maximum atomic E-state index is 15.2. The number of ether oxygens (including phenoxy) is 1. The minimum absolute atomic E-state index is 0.0512. The molecule has 0 heterocycles. The van der Waals surface area contributed by atoms with Crippen molar-refractivity contribution in [1.82, 2.24) is 0 Å². The number of benzene rings is 2. The average Bonchev–Trinajstić information content (AvgIpc) is 2.74. The number of nitrogens with zero attached hydrogens (tertiary/aromatic N) is 1. The lowest BCUT2D eigenvalue weighted by atomic mass is 9.80. The van der Waals surface area contributed by atoms with E-state index in [0.29, 0.717) is 5.56 Å². The molecule has 1 fully saturated rings. The third-order valence-electron chi connectivity index (χ3n) is 5.68. The van der Waals surface area contributed by atoms with E-state index in [1.165, 1.54) is 12.1 Å². The van der Waals surface area contributed by atoms with Crippen LogP contribution in [0.3, 0.4) is 0 Å². The van der Waals surface area contributed by atoms with Gasteiger partial charge in [0, 0.05) is 6.07 Å². The molecule has 2 nitrogen and oxygen atoms in total. The molecule has 0 aromatic heterocycles. The van der Waals surface area contributed by atoms with Gasteiger partial charge in [-0.2, -0.15) is 14.0 Å². The Balaban J connectivity index is 2.00. The summed E-state index contributed by atoms with van der Waals surface area (Å²) in [6.45, 7) is 4.02. The fraction of sp³-hybridized carbons (Fsp3) is 0.400. The van der Waals surface area contributed by atoms with Crippen molar-refractivity contribution in [2.75, 3.05) is 0 Å². The number of hydrogen-bond donors (Lipinski definition) is 0. The second kappa shape index (κ2) is 9.38. The summed E-state index contributed by atoms with van der Waals surface area (Å²) in [7, 11) is 0. The van der Waals surface area contributed by atoms with E-state index in [1.54, 1.807) is 12.1 Å². The zero-order valence-corrected chi connectivity index (χ0v) is 17.4. The standard InChI is InChI=1S/C25H26F3NO/c1-3-7-17(2)19-11-13-23(22(14-19)18-8-5-4-6-9-18)25(27,28)30-21-12-10-20(16-29)24(26)15-21/h7,10-15,18H,3-6,8-9H2,1-2H3/b17-7-. The van der Waals surface area contributed by atoms with E-state index in [2.05, 4.69) is 6.08 Å². The second-order valence-electron chi connectivity index (χ2n) is 7.80. The minimum atomic E-state index is -3.62. The Kier molecular flexibility index (Phi) is 6.87. The van der Waals surface area contributed by atoms with Crippen LogP contribution in [-0.2, 0) is 6.11 Å². The van der Waals surface area contributed by atoms with Gasteiger partial charge in [-0.05, 0) is 67.0 Å². The minimum Gasteiger partial charge on any atom is -0.429 e. The molecule has 2 aromatic carbocycles. The van der Waals surface area contributed by atoms with E-state index in [9.17, 15) is 4.39 Å². The Morgan fingerprint density at radius 2 is 1.90 bits per heavy atom. The first-order chi connectivity index (χ1) is 14.4. The van der Waals surface area contributed by atoms with E-state index in [0.717, 1.165) is 61.8 Å². The fourth-order valence-corrected chi connectivity index (χ4v) is 4.10. The Bertz CT molecular complexity index is 969. The summed E-state index contributed by atoms with van der Waals surface area (Å²) in [6, 6.07) is 9.83. The van der Waals surface area contributed by atoms with Crippen molar-refractivity contribution in [3.8, 4) is 11.8 Å². The zero-order chi connectivity index (χ0) is 21.7. The Morgan fingerprint density at radius 1 is 1.17 bits per heavy atom. The lowest BCUT2D eigenvalue weighted by Crippen LogP contribution is -2.25. The highest BCUT2D eigenvalue weighted by Crippen LogP contribution is 2.42. The van der Waals surface area contributed by atoms with E-state index in [1.807, 2.05) is 19.9 Å². The van der Waals surface area contributed by atoms with Crippen molar-refractivity contribution in [2.45, 2.75) is 64.4 Å². The average molecular weight is 413 g/mol. The molecule has 0 atom stereocenters.